The lowest BCUT2D eigenvalue weighted by atomic mass is 9.89. The molecular formula is C38H48N2O2S. The fourth-order valence-electron chi connectivity index (χ4n) is 5.70. The number of sulfonamides is 1. The lowest BCUT2D eigenvalue weighted by Crippen LogP contribution is -2.39. The van der Waals surface area contributed by atoms with Gasteiger partial charge in [-0.25, -0.2) is 13.1 Å². The molecule has 0 aliphatic heterocycles. The highest BCUT2D eigenvalue weighted by molar-refractivity contribution is 7.89. The zero-order valence-electron chi connectivity index (χ0n) is 26.5. The number of aryl methyl sites for hydroxylation is 1. The summed E-state index contributed by atoms with van der Waals surface area (Å²) in [6.07, 6.45) is 1.89. The van der Waals surface area contributed by atoms with Gasteiger partial charge in [0, 0.05) is 0 Å². The Morgan fingerprint density at radius 1 is 0.581 bits per heavy atom. The van der Waals surface area contributed by atoms with E-state index in [4.69, 9.17) is 0 Å². The summed E-state index contributed by atoms with van der Waals surface area (Å²) < 4.78 is 32.6. The topological polar surface area (TPSA) is 58.2 Å². The van der Waals surface area contributed by atoms with Crippen molar-refractivity contribution in [3.8, 4) is 0 Å². The van der Waals surface area contributed by atoms with E-state index in [0.717, 1.165) is 41.6 Å². The molecule has 4 nitrogen and oxygen atoms in total. The van der Waals surface area contributed by atoms with Gasteiger partial charge in [-0.15, -0.1) is 0 Å². The minimum absolute atomic E-state index is 0.0546. The number of rotatable bonds is 14. The molecule has 0 heterocycles. The van der Waals surface area contributed by atoms with E-state index < -0.39 is 16.1 Å². The number of hydrogen-bond donors (Lipinski definition) is 2. The van der Waals surface area contributed by atoms with Crippen LogP contribution in [0.1, 0.15) is 111 Å². The van der Waals surface area contributed by atoms with Crippen LogP contribution < -0.4 is 10.0 Å². The van der Waals surface area contributed by atoms with E-state index in [9.17, 15) is 8.42 Å². The molecule has 0 saturated carbocycles. The first kappa shape index (κ1) is 32.7. The fourth-order valence-corrected chi connectivity index (χ4v) is 7.63. The van der Waals surface area contributed by atoms with Gasteiger partial charge < -0.3 is 5.32 Å². The quantitative estimate of drug-likeness (QED) is 0.143. The predicted octanol–water partition coefficient (Wildman–Crippen LogP) is 9.04. The van der Waals surface area contributed by atoms with Gasteiger partial charge in [-0.3, -0.25) is 0 Å². The van der Waals surface area contributed by atoms with Crippen molar-refractivity contribution in [1.29, 1.82) is 0 Å². The summed E-state index contributed by atoms with van der Waals surface area (Å²) in [5, 5.41) is 3.75. The van der Waals surface area contributed by atoms with E-state index in [1.165, 1.54) is 11.1 Å². The van der Waals surface area contributed by atoms with Crippen LogP contribution in [0.25, 0.3) is 0 Å². The lowest BCUT2D eigenvalue weighted by molar-refractivity contribution is 0.420. The van der Waals surface area contributed by atoms with Crippen molar-refractivity contribution in [2.45, 2.75) is 89.1 Å². The molecule has 4 aromatic rings. The van der Waals surface area contributed by atoms with E-state index in [2.05, 4.69) is 100 Å². The van der Waals surface area contributed by atoms with Crippen LogP contribution in [0.5, 0.6) is 0 Å². The normalized spacial score (nSPS) is 13.5. The molecule has 4 aromatic carbocycles. The smallest absolute Gasteiger partial charge is 0.241 e. The Labute approximate surface area is 260 Å². The van der Waals surface area contributed by atoms with Gasteiger partial charge >= 0.3 is 0 Å². The van der Waals surface area contributed by atoms with Gasteiger partial charge in [-0.2, -0.15) is 0 Å². The maximum Gasteiger partial charge on any atom is 0.241 e. The minimum Gasteiger partial charge on any atom is -0.308 e. The minimum atomic E-state index is -3.92. The van der Waals surface area contributed by atoms with E-state index >= 15 is 0 Å². The molecule has 2 unspecified atom stereocenters. The Bertz CT molecular complexity index is 1500. The zero-order valence-corrected chi connectivity index (χ0v) is 27.4. The van der Waals surface area contributed by atoms with Gasteiger partial charge in [0.1, 0.15) is 0 Å². The second-order valence-corrected chi connectivity index (χ2v) is 14.1. The summed E-state index contributed by atoms with van der Waals surface area (Å²) in [6.45, 7) is 13.4. The van der Waals surface area contributed by atoms with Crippen molar-refractivity contribution in [3.63, 3.8) is 0 Å². The third-order valence-electron chi connectivity index (χ3n) is 8.13. The zero-order chi connectivity index (χ0) is 31.0. The summed E-state index contributed by atoms with van der Waals surface area (Å²) in [7, 11) is -3.92. The van der Waals surface area contributed by atoms with Gasteiger partial charge in [-0.05, 0) is 70.5 Å². The average Bonchev–Trinajstić information content (AvgIpc) is 3.00. The first-order valence-corrected chi connectivity index (χ1v) is 17.1. The van der Waals surface area contributed by atoms with E-state index in [0.29, 0.717) is 10.8 Å². The fraction of sp³-hybridized carbons (Fsp3) is 0.368. The Morgan fingerprint density at radius 3 is 1.51 bits per heavy atom. The van der Waals surface area contributed by atoms with Gasteiger partial charge in [-0.1, -0.05) is 145 Å². The second-order valence-electron chi connectivity index (χ2n) is 12.4. The molecule has 0 aromatic heterocycles. The van der Waals surface area contributed by atoms with Crippen molar-refractivity contribution in [3.05, 3.63) is 137 Å². The van der Waals surface area contributed by atoms with Crippen LogP contribution in [0.15, 0.2) is 108 Å². The third kappa shape index (κ3) is 8.44. The Kier molecular flexibility index (Phi) is 11.4. The van der Waals surface area contributed by atoms with E-state index in [-0.39, 0.29) is 17.9 Å². The molecule has 0 bridgehead atoms. The van der Waals surface area contributed by atoms with Gasteiger partial charge in [0.25, 0.3) is 0 Å². The van der Waals surface area contributed by atoms with Crippen LogP contribution in [0.2, 0.25) is 0 Å². The first-order valence-electron chi connectivity index (χ1n) is 15.7. The Balaban J connectivity index is 1.77. The largest absolute Gasteiger partial charge is 0.308 e. The van der Waals surface area contributed by atoms with E-state index in [1.807, 2.05) is 54.6 Å². The highest BCUT2D eigenvalue weighted by Gasteiger charge is 2.33. The monoisotopic (exact) mass is 596 g/mol. The lowest BCUT2D eigenvalue weighted by Gasteiger charge is -2.31. The van der Waals surface area contributed by atoms with Gasteiger partial charge in [0.05, 0.1) is 17.0 Å². The summed E-state index contributed by atoms with van der Waals surface area (Å²) in [6, 6.07) is 34.0. The standard InChI is InChI=1S/C38H48N2O2S/c1-27(2)33-25-34(28(3)4)38(35(26-33)29(5)6)43(41,42)40-37(32-22-14-9-15-23-32)36(31-20-12-8-13-21-31)39-24-16-19-30-17-10-7-11-18-30/h7-15,17-18,20-23,25-29,36-37,39-40H,16,19,24H2,1-6H3. The molecule has 5 heteroatoms. The molecule has 0 aliphatic carbocycles. The summed E-state index contributed by atoms with van der Waals surface area (Å²) in [4.78, 5) is 0.429. The van der Waals surface area contributed by atoms with Crippen molar-refractivity contribution in [2.75, 3.05) is 6.54 Å². The van der Waals surface area contributed by atoms with Crippen LogP contribution >= 0.6 is 0 Å². The molecule has 2 N–H and O–H groups in total. The van der Waals surface area contributed by atoms with Crippen LogP contribution in [-0.2, 0) is 16.4 Å². The highest BCUT2D eigenvalue weighted by atomic mass is 32.2. The van der Waals surface area contributed by atoms with Crippen LogP contribution in [0, 0.1) is 0 Å². The Hall–Kier alpha value is -3.25. The molecule has 0 radical (unpaired) electrons. The summed E-state index contributed by atoms with van der Waals surface area (Å²) in [5.74, 6) is 0.414. The van der Waals surface area contributed by atoms with Crippen molar-refractivity contribution >= 4 is 10.0 Å². The molecule has 0 spiro atoms. The van der Waals surface area contributed by atoms with Crippen LogP contribution in [-0.4, -0.2) is 15.0 Å². The molecule has 0 amide bonds. The average molecular weight is 597 g/mol. The van der Waals surface area contributed by atoms with Gasteiger partial charge in [0.2, 0.25) is 10.0 Å². The molecule has 0 aliphatic rings. The number of hydrogen-bond acceptors (Lipinski definition) is 3. The maximum absolute atomic E-state index is 14.7. The Morgan fingerprint density at radius 2 is 1.05 bits per heavy atom. The highest BCUT2D eigenvalue weighted by Crippen LogP contribution is 2.37. The van der Waals surface area contributed by atoms with Crippen molar-refractivity contribution in [1.82, 2.24) is 10.0 Å². The van der Waals surface area contributed by atoms with Crippen molar-refractivity contribution in [2.24, 2.45) is 0 Å². The summed E-state index contributed by atoms with van der Waals surface area (Å²) in [5.41, 5.74) is 6.19. The molecule has 43 heavy (non-hydrogen) atoms. The molecule has 0 fully saturated rings. The maximum atomic E-state index is 14.7. The third-order valence-corrected chi connectivity index (χ3v) is 9.70. The SMILES string of the molecule is CC(C)c1cc(C(C)C)c(S(=O)(=O)NC(c2ccccc2)C(NCCCc2ccccc2)c2ccccc2)c(C(C)C)c1. The molecule has 228 valence electrons. The summed E-state index contributed by atoms with van der Waals surface area (Å²) >= 11 is 0. The number of nitrogens with one attached hydrogen (secondary N) is 2. The number of benzene rings is 4. The van der Waals surface area contributed by atoms with Crippen molar-refractivity contribution < 1.29 is 8.42 Å². The first-order chi connectivity index (χ1) is 20.6. The molecule has 0 saturated heterocycles. The second kappa shape index (κ2) is 15.0. The molecule has 4 rings (SSSR count). The van der Waals surface area contributed by atoms with Gasteiger partial charge in [0.15, 0.2) is 0 Å². The molecular weight excluding hydrogens is 548 g/mol. The van der Waals surface area contributed by atoms with Crippen LogP contribution in [0.4, 0.5) is 0 Å². The van der Waals surface area contributed by atoms with Crippen LogP contribution in [0.3, 0.4) is 0 Å². The van der Waals surface area contributed by atoms with E-state index in [1.54, 1.807) is 0 Å². The molecule has 2 atom stereocenters. The predicted molar refractivity (Wildman–Crippen MR) is 180 cm³/mol.